The van der Waals surface area contributed by atoms with Gasteiger partial charge in [0.25, 0.3) is 0 Å². The molecule has 0 saturated carbocycles. The molecular weight excluding hydrogens is 312 g/mol. The summed E-state index contributed by atoms with van der Waals surface area (Å²) in [4.78, 5) is 10.8. The van der Waals surface area contributed by atoms with E-state index in [1.54, 1.807) is 11.8 Å². The number of benzene rings is 1. The number of rotatable bonds is 7. The number of nitrogens with zero attached hydrogens (tertiary/aromatic N) is 1. The van der Waals surface area contributed by atoms with Gasteiger partial charge >= 0.3 is 5.97 Å². The lowest BCUT2D eigenvalue weighted by Gasteiger charge is -2.24. The lowest BCUT2D eigenvalue weighted by Crippen LogP contribution is -2.35. The average Bonchev–Trinajstić information content (AvgIpc) is 2.43. The van der Waals surface area contributed by atoms with Gasteiger partial charge < -0.3 is 10.8 Å². The normalized spacial score (nSPS) is 13.3. The molecule has 1 rings (SSSR count). The number of thioether (sulfide) groups is 1. The Morgan fingerprint density at radius 2 is 2.10 bits per heavy atom. The minimum atomic E-state index is -3.74. The molecule has 8 heteroatoms. The maximum absolute atomic E-state index is 12.5. The van der Waals surface area contributed by atoms with Crippen LogP contribution in [0.15, 0.2) is 23.1 Å². The van der Waals surface area contributed by atoms with Crippen LogP contribution in [0.4, 0.5) is 5.69 Å². The first-order chi connectivity index (χ1) is 9.71. The predicted octanol–water partition coefficient (Wildman–Crippen LogP) is 1.73. The van der Waals surface area contributed by atoms with E-state index in [-0.39, 0.29) is 22.2 Å². The molecule has 0 aliphatic rings. The number of hydrogen-bond donors (Lipinski definition) is 2. The van der Waals surface area contributed by atoms with E-state index in [2.05, 4.69) is 0 Å². The minimum absolute atomic E-state index is 0.0375. The van der Waals surface area contributed by atoms with Gasteiger partial charge in [0.05, 0.1) is 11.3 Å². The quantitative estimate of drug-likeness (QED) is 0.738. The molecule has 0 heterocycles. The van der Waals surface area contributed by atoms with E-state index >= 15 is 0 Å². The molecule has 0 aromatic heterocycles. The average molecular weight is 332 g/mol. The van der Waals surface area contributed by atoms with E-state index in [4.69, 9.17) is 10.8 Å². The Morgan fingerprint density at radius 1 is 1.48 bits per heavy atom. The number of sulfonamides is 1. The lowest BCUT2D eigenvalue weighted by molar-refractivity contribution is 0.0697. The molecule has 0 aliphatic heterocycles. The van der Waals surface area contributed by atoms with Crippen molar-refractivity contribution < 1.29 is 18.3 Å². The van der Waals surface area contributed by atoms with E-state index in [0.717, 1.165) is 18.2 Å². The predicted molar refractivity (Wildman–Crippen MR) is 85.2 cm³/mol. The third-order valence-corrected chi connectivity index (χ3v) is 5.96. The number of anilines is 1. The number of carbonyl (C=O) groups is 1. The summed E-state index contributed by atoms with van der Waals surface area (Å²) in [5, 5.41) is 8.88. The maximum atomic E-state index is 12.5. The zero-order valence-corrected chi connectivity index (χ0v) is 13.9. The van der Waals surface area contributed by atoms with E-state index in [9.17, 15) is 13.2 Å². The van der Waals surface area contributed by atoms with Crippen LogP contribution < -0.4 is 5.73 Å². The van der Waals surface area contributed by atoms with Crippen LogP contribution in [0.5, 0.6) is 0 Å². The van der Waals surface area contributed by atoms with Crippen molar-refractivity contribution >= 4 is 33.4 Å². The van der Waals surface area contributed by atoms with Gasteiger partial charge in [0.15, 0.2) is 0 Å². The number of aromatic carboxylic acids is 1. The van der Waals surface area contributed by atoms with Crippen LogP contribution in [0.2, 0.25) is 0 Å². The van der Waals surface area contributed by atoms with Crippen LogP contribution in [0, 0.1) is 0 Å². The highest BCUT2D eigenvalue weighted by atomic mass is 32.2. The topological polar surface area (TPSA) is 101 Å². The fourth-order valence-corrected chi connectivity index (χ4v) is 3.84. The molecule has 3 N–H and O–H groups in total. The Morgan fingerprint density at radius 3 is 2.57 bits per heavy atom. The number of carboxylic acid groups (broad SMARTS) is 1. The first-order valence-corrected chi connectivity index (χ1v) is 9.15. The zero-order chi connectivity index (χ0) is 16.2. The Balaban J connectivity index is 3.10. The summed E-state index contributed by atoms with van der Waals surface area (Å²) in [7, 11) is -2.23. The maximum Gasteiger partial charge on any atom is 0.335 e. The van der Waals surface area contributed by atoms with E-state index < -0.39 is 16.0 Å². The minimum Gasteiger partial charge on any atom is -0.478 e. The van der Waals surface area contributed by atoms with Crippen LogP contribution in [0.1, 0.15) is 23.7 Å². The fraction of sp³-hybridized carbons (Fsp3) is 0.462. The summed E-state index contributed by atoms with van der Waals surface area (Å²) in [6.45, 7) is 1.83. The largest absolute Gasteiger partial charge is 0.478 e. The fourth-order valence-electron chi connectivity index (χ4n) is 1.78. The van der Waals surface area contributed by atoms with Gasteiger partial charge in [-0.2, -0.15) is 16.1 Å². The monoisotopic (exact) mass is 332 g/mol. The van der Waals surface area contributed by atoms with Crippen molar-refractivity contribution in [3.63, 3.8) is 0 Å². The van der Waals surface area contributed by atoms with Crippen molar-refractivity contribution in [3.8, 4) is 0 Å². The van der Waals surface area contributed by atoms with Crippen LogP contribution in [-0.2, 0) is 10.0 Å². The summed E-state index contributed by atoms with van der Waals surface area (Å²) in [5.41, 5.74) is 5.62. The standard InChI is InChI=1S/C13H20N2O4S2/c1-9(6-7-20-3)15(2)21(18,19)12-5-4-10(13(16)17)8-11(12)14/h4-5,8-9H,6-7,14H2,1-3H3,(H,16,17). The first-order valence-electron chi connectivity index (χ1n) is 6.31. The molecule has 1 aromatic carbocycles. The number of nitrogens with two attached hydrogens (primary N) is 1. The molecule has 0 spiro atoms. The molecule has 118 valence electrons. The smallest absolute Gasteiger partial charge is 0.335 e. The van der Waals surface area contributed by atoms with Gasteiger partial charge in [-0.15, -0.1) is 0 Å². The number of carboxylic acids is 1. The molecule has 0 bridgehead atoms. The van der Waals surface area contributed by atoms with Gasteiger partial charge in [0.1, 0.15) is 4.90 Å². The van der Waals surface area contributed by atoms with Crippen molar-refractivity contribution in [1.82, 2.24) is 4.31 Å². The van der Waals surface area contributed by atoms with Crippen molar-refractivity contribution in [2.45, 2.75) is 24.3 Å². The summed E-state index contributed by atoms with van der Waals surface area (Å²) >= 11 is 1.65. The third-order valence-electron chi connectivity index (χ3n) is 3.27. The summed E-state index contributed by atoms with van der Waals surface area (Å²) in [5.74, 6) is -0.290. The Labute approximate surface area is 129 Å². The Kier molecular flexibility index (Phi) is 6.06. The summed E-state index contributed by atoms with van der Waals surface area (Å²) in [6, 6.07) is 3.48. The van der Waals surface area contributed by atoms with Crippen molar-refractivity contribution in [2.75, 3.05) is 24.8 Å². The van der Waals surface area contributed by atoms with Gasteiger partial charge in [-0.3, -0.25) is 0 Å². The second-order valence-corrected chi connectivity index (χ2v) is 7.66. The van der Waals surface area contributed by atoms with Crippen LogP contribution in [0.25, 0.3) is 0 Å². The lowest BCUT2D eigenvalue weighted by atomic mass is 10.2. The van der Waals surface area contributed by atoms with Crippen molar-refractivity contribution in [2.24, 2.45) is 0 Å². The van der Waals surface area contributed by atoms with Crippen LogP contribution in [-0.4, -0.2) is 48.9 Å². The van der Waals surface area contributed by atoms with E-state index in [1.807, 2.05) is 13.2 Å². The molecule has 0 radical (unpaired) electrons. The van der Waals surface area contributed by atoms with E-state index in [1.165, 1.54) is 23.5 Å². The second-order valence-electron chi connectivity index (χ2n) is 4.71. The molecule has 6 nitrogen and oxygen atoms in total. The number of nitrogen functional groups attached to an aromatic ring is 1. The van der Waals surface area contributed by atoms with E-state index in [0.29, 0.717) is 0 Å². The molecule has 0 aliphatic carbocycles. The van der Waals surface area contributed by atoms with Gasteiger partial charge in [0.2, 0.25) is 10.0 Å². The Hall–Kier alpha value is -1.25. The van der Waals surface area contributed by atoms with Gasteiger partial charge in [0, 0.05) is 13.1 Å². The first kappa shape index (κ1) is 17.8. The molecule has 1 atom stereocenters. The molecule has 1 unspecified atom stereocenters. The van der Waals surface area contributed by atoms with Gasteiger partial charge in [-0.05, 0) is 43.6 Å². The van der Waals surface area contributed by atoms with Crippen molar-refractivity contribution in [3.05, 3.63) is 23.8 Å². The molecule has 0 fully saturated rings. The SMILES string of the molecule is CSCCC(C)N(C)S(=O)(=O)c1ccc(C(=O)O)cc1N. The summed E-state index contributed by atoms with van der Waals surface area (Å²) < 4.78 is 26.3. The highest BCUT2D eigenvalue weighted by Crippen LogP contribution is 2.25. The molecule has 0 amide bonds. The molecule has 21 heavy (non-hydrogen) atoms. The van der Waals surface area contributed by atoms with Crippen LogP contribution >= 0.6 is 11.8 Å². The zero-order valence-electron chi connectivity index (χ0n) is 12.2. The Bertz CT molecular complexity index is 617. The molecular formula is C13H20N2O4S2. The third kappa shape index (κ3) is 4.12. The van der Waals surface area contributed by atoms with Crippen molar-refractivity contribution in [1.29, 1.82) is 0 Å². The molecule has 0 saturated heterocycles. The van der Waals surface area contributed by atoms with Gasteiger partial charge in [-0.1, -0.05) is 0 Å². The highest BCUT2D eigenvalue weighted by Gasteiger charge is 2.27. The number of hydrogen-bond acceptors (Lipinski definition) is 5. The second kappa shape index (κ2) is 7.15. The highest BCUT2D eigenvalue weighted by molar-refractivity contribution is 7.98. The summed E-state index contributed by atoms with van der Waals surface area (Å²) in [6.07, 6.45) is 2.69. The van der Waals surface area contributed by atoms with Crippen LogP contribution in [0.3, 0.4) is 0 Å². The van der Waals surface area contributed by atoms with Gasteiger partial charge in [-0.25, -0.2) is 13.2 Å². The molecule has 1 aromatic rings.